The van der Waals surface area contributed by atoms with E-state index < -0.39 is 0 Å². The van der Waals surface area contributed by atoms with E-state index in [4.69, 9.17) is 10.5 Å². The second-order valence-electron chi connectivity index (χ2n) is 3.94. The standard InChI is InChI=1S/C13H18N2O4/c1-2-19-12(17)4-3-7-15-13(18)10-8-9(16)5-6-11(10)14/h5-6,8,16H,2-4,7,14H2,1H3,(H,15,18). The van der Waals surface area contributed by atoms with Gasteiger partial charge < -0.3 is 20.9 Å². The lowest BCUT2D eigenvalue weighted by Gasteiger charge is -2.07. The molecule has 19 heavy (non-hydrogen) atoms. The molecule has 0 unspecified atom stereocenters. The van der Waals surface area contributed by atoms with Crippen molar-refractivity contribution in [2.75, 3.05) is 18.9 Å². The molecule has 1 rings (SSSR count). The van der Waals surface area contributed by atoms with Crippen LogP contribution < -0.4 is 11.1 Å². The Morgan fingerprint density at radius 3 is 2.84 bits per heavy atom. The molecule has 0 radical (unpaired) electrons. The Labute approximate surface area is 111 Å². The summed E-state index contributed by atoms with van der Waals surface area (Å²) < 4.78 is 4.76. The quantitative estimate of drug-likeness (QED) is 0.309. The Kier molecular flexibility index (Phi) is 5.66. The monoisotopic (exact) mass is 266 g/mol. The van der Waals surface area contributed by atoms with Gasteiger partial charge >= 0.3 is 5.97 Å². The van der Waals surface area contributed by atoms with Crippen LogP contribution in [0.1, 0.15) is 30.1 Å². The third kappa shape index (κ3) is 4.87. The number of phenols is 1. The summed E-state index contributed by atoms with van der Waals surface area (Å²) in [5.41, 5.74) is 6.15. The van der Waals surface area contributed by atoms with Crippen molar-refractivity contribution in [1.82, 2.24) is 5.32 Å². The number of nitrogens with one attached hydrogen (secondary N) is 1. The van der Waals surface area contributed by atoms with Crippen molar-refractivity contribution in [1.29, 1.82) is 0 Å². The number of ether oxygens (including phenoxy) is 1. The first-order chi connectivity index (χ1) is 9.04. The zero-order valence-electron chi connectivity index (χ0n) is 10.8. The third-order valence-electron chi connectivity index (χ3n) is 2.43. The summed E-state index contributed by atoms with van der Waals surface area (Å²) in [7, 11) is 0. The molecular formula is C13H18N2O4. The van der Waals surface area contributed by atoms with Crippen molar-refractivity contribution in [3.8, 4) is 5.75 Å². The zero-order chi connectivity index (χ0) is 14.3. The van der Waals surface area contributed by atoms with E-state index in [1.165, 1.54) is 18.2 Å². The van der Waals surface area contributed by atoms with Gasteiger partial charge in [-0.2, -0.15) is 0 Å². The van der Waals surface area contributed by atoms with E-state index in [1.807, 2.05) is 0 Å². The maximum absolute atomic E-state index is 11.8. The smallest absolute Gasteiger partial charge is 0.305 e. The van der Waals surface area contributed by atoms with Gasteiger partial charge in [0.2, 0.25) is 0 Å². The van der Waals surface area contributed by atoms with Crippen molar-refractivity contribution in [2.24, 2.45) is 0 Å². The van der Waals surface area contributed by atoms with Crippen LogP contribution in [0.25, 0.3) is 0 Å². The highest BCUT2D eigenvalue weighted by molar-refractivity contribution is 5.99. The number of benzene rings is 1. The molecule has 6 nitrogen and oxygen atoms in total. The van der Waals surface area contributed by atoms with Gasteiger partial charge in [0.25, 0.3) is 5.91 Å². The molecular weight excluding hydrogens is 248 g/mol. The third-order valence-corrected chi connectivity index (χ3v) is 2.43. The summed E-state index contributed by atoms with van der Waals surface area (Å²) in [4.78, 5) is 22.8. The van der Waals surface area contributed by atoms with Gasteiger partial charge in [-0.25, -0.2) is 0 Å². The number of carbonyl (C=O) groups excluding carboxylic acids is 2. The minimum absolute atomic E-state index is 0.0223. The summed E-state index contributed by atoms with van der Waals surface area (Å²) in [6, 6.07) is 4.17. The Morgan fingerprint density at radius 1 is 1.42 bits per heavy atom. The highest BCUT2D eigenvalue weighted by Gasteiger charge is 2.10. The van der Waals surface area contributed by atoms with Crippen LogP contribution in [0.15, 0.2) is 18.2 Å². The predicted molar refractivity (Wildman–Crippen MR) is 70.7 cm³/mol. The summed E-state index contributed by atoms with van der Waals surface area (Å²) in [5.74, 6) is -0.684. The Hall–Kier alpha value is -2.24. The molecule has 0 saturated carbocycles. The van der Waals surface area contributed by atoms with Crippen molar-refractivity contribution in [2.45, 2.75) is 19.8 Å². The molecule has 1 aromatic rings. The van der Waals surface area contributed by atoms with Gasteiger partial charge in [-0.15, -0.1) is 0 Å². The SMILES string of the molecule is CCOC(=O)CCCNC(=O)c1cc(O)ccc1N. The molecule has 0 spiro atoms. The summed E-state index contributed by atoms with van der Waals surface area (Å²) >= 11 is 0. The molecule has 0 aliphatic heterocycles. The van der Waals surface area contributed by atoms with Gasteiger partial charge in [0.15, 0.2) is 0 Å². The van der Waals surface area contributed by atoms with E-state index in [2.05, 4.69) is 5.32 Å². The second-order valence-corrected chi connectivity index (χ2v) is 3.94. The molecule has 1 amide bonds. The van der Waals surface area contributed by atoms with Gasteiger partial charge in [0.1, 0.15) is 5.75 Å². The van der Waals surface area contributed by atoms with Crippen LogP contribution in [0.3, 0.4) is 0 Å². The first-order valence-corrected chi connectivity index (χ1v) is 6.07. The number of amides is 1. The van der Waals surface area contributed by atoms with E-state index in [0.717, 1.165) is 0 Å². The van der Waals surface area contributed by atoms with Crippen LogP contribution in [0, 0.1) is 0 Å². The zero-order valence-corrected chi connectivity index (χ0v) is 10.8. The lowest BCUT2D eigenvalue weighted by Crippen LogP contribution is -2.25. The molecule has 4 N–H and O–H groups in total. The molecule has 0 aliphatic carbocycles. The van der Waals surface area contributed by atoms with Crippen molar-refractivity contribution in [3.05, 3.63) is 23.8 Å². The molecule has 0 aromatic heterocycles. The van der Waals surface area contributed by atoms with Crippen molar-refractivity contribution in [3.63, 3.8) is 0 Å². The van der Waals surface area contributed by atoms with E-state index in [1.54, 1.807) is 6.92 Å². The number of hydrogen-bond donors (Lipinski definition) is 3. The van der Waals surface area contributed by atoms with Gasteiger partial charge in [-0.05, 0) is 31.5 Å². The van der Waals surface area contributed by atoms with Crippen molar-refractivity contribution < 1.29 is 19.4 Å². The van der Waals surface area contributed by atoms with Crippen LogP contribution >= 0.6 is 0 Å². The van der Waals surface area contributed by atoms with Crippen LogP contribution in [0.2, 0.25) is 0 Å². The molecule has 0 fully saturated rings. The molecule has 1 aromatic carbocycles. The predicted octanol–water partition coefficient (Wildman–Crippen LogP) is 1.05. The molecule has 0 aliphatic rings. The van der Waals surface area contributed by atoms with Gasteiger partial charge in [0.05, 0.1) is 12.2 Å². The number of nitrogens with two attached hydrogens (primary N) is 1. The first kappa shape index (κ1) is 14.8. The van der Waals surface area contributed by atoms with E-state index in [9.17, 15) is 14.7 Å². The van der Waals surface area contributed by atoms with Crippen LogP contribution in [0.5, 0.6) is 5.75 Å². The van der Waals surface area contributed by atoms with Gasteiger partial charge in [-0.3, -0.25) is 9.59 Å². The fourth-order valence-electron chi connectivity index (χ4n) is 1.50. The van der Waals surface area contributed by atoms with Crippen LogP contribution in [-0.4, -0.2) is 30.1 Å². The Balaban J connectivity index is 2.39. The second kappa shape index (κ2) is 7.25. The molecule has 0 heterocycles. The summed E-state index contributed by atoms with van der Waals surface area (Å²) in [6.45, 7) is 2.43. The maximum Gasteiger partial charge on any atom is 0.305 e. The number of nitrogen functional groups attached to an aromatic ring is 1. The number of hydrogen-bond acceptors (Lipinski definition) is 5. The molecule has 6 heteroatoms. The number of esters is 1. The Bertz CT molecular complexity index is 460. The number of aromatic hydroxyl groups is 1. The molecule has 0 saturated heterocycles. The van der Waals surface area contributed by atoms with Crippen LogP contribution in [-0.2, 0) is 9.53 Å². The fourth-order valence-corrected chi connectivity index (χ4v) is 1.50. The number of carbonyl (C=O) groups is 2. The summed E-state index contributed by atoms with van der Waals surface area (Å²) in [6.07, 6.45) is 0.743. The van der Waals surface area contributed by atoms with E-state index in [-0.39, 0.29) is 29.6 Å². The van der Waals surface area contributed by atoms with Crippen molar-refractivity contribution >= 4 is 17.6 Å². The maximum atomic E-state index is 11.8. The largest absolute Gasteiger partial charge is 0.508 e. The average molecular weight is 266 g/mol. The lowest BCUT2D eigenvalue weighted by molar-refractivity contribution is -0.143. The normalized spacial score (nSPS) is 9.95. The average Bonchev–Trinajstić information content (AvgIpc) is 2.37. The first-order valence-electron chi connectivity index (χ1n) is 6.07. The number of rotatable bonds is 6. The highest BCUT2D eigenvalue weighted by atomic mass is 16.5. The topological polar surface area (TPSA) is 102 Å². The van der Waals surface area contributed by atoms with Gasteiger partial charge in [-0.1, -0.05) is 0 Å². The molecule has 0 bridgehead atoms. The van der Waals surface area contributed by atoms with E-state index >= 15 is 0 Å². The lowest BCUT2D eigenvalue weighted by atomic mass is 10.1. The minimum atomic E-state index is -0.378. The highest BCUT2D eigenvalue weighted by Crippen LogP contribution is 2.18. The van der Waals surface area contributed by atoms with Gasteiger partial charge in [0, 0.05) is 18.7 Å². The summed E-state index contributed by atoms with van der Waals surface area (Å²) in [5, 5.41) is 11.9. The van der Waals surface area contributed by atoms with Crippen LogP contribution in [0.4, 0.5) is 5.69 Å². The molecule has 0 atom stereocenters. The Morgan fingerprint density at radius 2 is 2.16 bits per heavy atom. The minimum Gasteiger partial charge on any atom is -0.508 e. The fraction of sp³-hybridized carbons (Fsp3) is 0.385. The van der Waals surface area contributed by atoms with E-state index in [0.29, 0.717) is 25.3 Å². The number of anilines is 1. The number of phenolic OH excluding ortho intramolecular Hbond substituents is 1. The molecule has 104 valence electrons.